The molecule has 0 saturated carbocycles. The third kappa shape index (κ3) is 5.40. The topological polar surface area (TPSA) is 111 Å². The fourth-order valence-corrected chi connectivity index (χ4v) is 5.02. The second-order valence-corrected chi connectivity index (χ2v) is 10.2. The van der Waals surface area contributed by atoms with Gasteiger partial charge in [-0.2, -0.15) is 0 Å². The smallest absolute Gasteiger partial charge is 0.246 e. The summed E-state index contributed by atoms with van der Waals surface area (Å²) in [6.45, 7) is 5.57. The number of sulfonamides is 1. The lowest BCUT2D eigenvalue weighted by Crippen LogP contribution is -2.39. The molecular formula is C17H20N4O5S3. The molecule has 0 bridgehead atoms. The first-order valence-corrected chi connectivity index (χ1v) is 12.1. The van der Waals surface area contributed by atoms with Crippen LogP contribution in [0.4, 0.5) is 10.8 Å². The summed E-state index contributed by atoms with van der Waals surface area (Å²) in [7, 11) is -3.71. The van der Waals surface area contributed by atoms with Crippen molar-refractivity contribution in [3.63, 3.8) is 0 Å². The summed E-state index contributed by atoms with van der Waals surface area (Å²) in [4.78, 5) is 12.5. The molecule has 1 amide bonds. The van der Waals surface area contributed by atoms with Gasteiger partial charge in [0.15, 0.2) is 15.8 Å². The zero-order chi connectivity index (χ0) is 20.9. The lowest BCUT2D eigenvalue weighted by atomic mass is 10.2. The Morgan fingerprint density at radius 3 is 2.83 bits per heavy atom. The number of thioether (sulfide) groups is 1. The van der Waals surface area contributed by atoms with Gasteiger partial charge in [0, 0.05) is 11.8 Å². The van der Waals surface area contributed by atoms with Crippen molar-refractivity contribution >= 4 is 49.8 Å². The predicted molar refractivity (Wildman–Crippen MR) is 114 cm³/mol. The van der Waals surface area contributed by atoms with Gasteiger partial charge in [0.2, 0.25) is 21.1 Å². The number of nitrogens with zero attached hydrogens (tertiary/aromatic N) is 3. The van der Waals surface area contributed by atoms with Gasteiger partial charge in [0.25, 0.3) is 0 Å². The monoisotopic (exact) mass is 456 g/mol. The van der Waals surface area contributed by atoms with Crippen molar-refractivity contribution < 1.29 is 22.7 Å². The van der Waals surface area contributed by atoms with Crippen LogP contribution in [-0.4, -0.2) is 55.8 Å². The summed E-state index contributed by atoms with van der Waals surface area (Å²) in [5.74, 6) is 0.981. The summed E-state index contributed by atoms with van der Waals surface area (Å²) in [5.41, 5.74) is 0.325. The number of ether oxygens (including phenoxy) is 2. The van der Waals surface area contributed by atoms with Crippen molar-refractivity contribution in [3.05, 3.63) is 30.9 Å². The van der Waals surface area contributed by atoms with Crippen molar-refractivity contribution in [1.82, 2.24) is 10.2 Å². The van der Waals surface area contributed by atoms with E-state index in [1.54, 1.807) is 24.3 Å². The molecule has 0 fully saturated rings. The third-order valence-electron chi connectivity index (χ3n) is 3.78. The standard InChI is InChI=1S/C17H20N4O5S3/c1-3-9-27-17-20-19-16(28-17)18-15(22)11-21(29(23,24)4-2)12-5-6-13-14(10-12)26-8-7-25-13/h3,5-6,10H,1,4,7-9,11H2,2H3,(H,18,19,22). The first-order valence-electron chi connectivity index (χ1n) is 8.70. The molecule has 0 radical (unpaired) electrons. The van der Waals surface area contributed by atoms with E-state index in [4.69, 9.17) is 9.47 Å². The fraction of sp³-hybridized carbons (Fsp3) is 0.353. The van der Waals surface area contributed by atoms with Crippen molar-refractivity contribution in [2.75, 3.05) is 40.9 Å². The Kier molecular flexibility index (Phi) is 6.98. The average Bonchev–Trinajstić information content (AvgIpc) is 3.17. The second-order valence-electron chi connectivity index (χ2n) is 5.76. The normalized spacial score (nSPS) is 13.0. The van der Waals surface area contributed by atoms with E-state index in [-0.39, 0.29) is 5.75 Å². The van der Waals surface area contributed by atoms with Gasteiger partial charge in [-0.3, -0.25) is 14.4 Å². The molecule has 2 aromatic rings. The van der Waals surface area contributed by atoms with E-state index in [0.29, 0.717) is 45.6 Å². The maximum absolute atomic E-state index is 12.6. The maximum Gasteiger partial charge on any atom is 0.246 e. The van der Waals surface area contributed by atoms with Gasteiger partial charge in [-0.25, -0.2) is 8.42 Å². The molecule has 9 nitrogen and oxygen atoms in total. The lowest BCUT2D eigenvalue weighted by molar-refractivity contribution is -0.114. The van der Waals surface area contributed by atoms with Crippen LogP contribution in [0.25, 0.3) is 0 Å². The van der Waals surface area contributed by atoms with E-state index in [2.05, 4.69) is 22.1 Å². The minimum Gasteiger partial charge on any atom is -0.486 e. The highest BCUT2D eigenvalue weighted by Crippen LogP contribution is 2.35. The lowest BCUT2D eigenvalue weighted by Gasteiger charge is -2.25. The molecule has 0 atom stereocenters. The Morgan fingerprint density at radius 2 is 2.10 bits per heavy atom. The van der Waals surface area contributed by atoms with Crippen molar-refractivity contribution in [2.24, 2.45) is 0 Å². The Balaban J connectivity index is 1.76. The van der Waals surface area contributed by atoms with Crippen LogP contribution in [0.5, 0.6) is 11.5 Å². The first-order chi connectivity index (χ1) is 13.9. The number of carbonyl (C=O) groups is 1. The number of hydrogen-bond acceptors (Lipinski definition) is 9. The summed E-state index contributed by atoms with van der Waals surface area (Å²) >= 11 is 2.66. The molecule has 0 unspecified atom stereocenters. The molecule has 0 aliphatic carbocycles. The van der Waals surface area contributed by atoms with Gasteiger partial charge in [0.1, 0.15) is 19.8 Å². The van der Waals surface area contributed by atoms with Gasteiger partial charge in [-0.15, -0.1) is 16.8 Å². The van der Waals surface area contributed by atoms with Crippen LogP contribution < -0.4 is 19.1 Å². The summed E-state index contributed by atoms with van der Waals surface area (Å²) in [5, 5.41) is 10.8. The molecule has 0 saturated heterocycles. The van der Waals surface area contributed by atoms with Crippen LogP contribution in [0.15, 0.2) is 35.2 Å². The van der Waals surface area contributed by atoms with Crippen LogP contribution in [0.2, 0.25) is 0 Å². The number of amides is 1. The summed E-state index contributed by atoms with van der Waals surface area (Å²) in [6.07, 6.45) is 1.74. The number of hydrogen-bond donors (Lipinski definition) is 1. The van der Waals surface area contributed by atoms with Crippen LogP contribution in [0, 0.1) is 0 Å². The molecule has 3 rings (SSSR count). The molecular weight excluding hydrogens is 436 g/mol. The second kappa shape index (κ2) is 9.46. The minimum atomic E-state index is -3.71. The number of rotatable bonds is 9. The van der Waals surface area contributed by atoms with Crippen LogP contribution in [-0.2, 0) is 14.8 Å². The minimum absolute atomic E-state index is 0.157. The highest BCUT2D eigenvalue weighted by molar-refractivity contribution is 8.01. The largest absolute Gasteiger partial charge is 0.486 e. The molecule has 1 N–H and O–H groups in total. The molecule has 1 aliphatic rings. The van der Waals surface area contributed by atoms with Gasteiger partial charge in [-0.05, 0) is 19.1 Å². The van der Waals surface area contributed by atoms with Crippen molar-refractivity contribution in [2.45, 2.75) is 11.3 Å². The van der Waals surface area contributed by atoms with E-state index < -0.39 is 22.5 Å². The number of benzene rings is 1. The van der Waals surface area contributed by atoms with E-state index in [1.165, 1.54) is 30.0 Å². The average molecular weight is 457 g/mol. The number of fused-ring (bicyclic) bond motifs is 1. The molecule has 0 spiro atoms. The molecule has 1 aliphatic heterocycles. The van der Waals surface area contributed by atoms with Gasteiger partial charge < -0.3 is 9.47 Å². The van der Waals surface area contributed by atoms with E-state index >= 15 is 0 Å². The Hall–Kier alpha value is -2.31. The molecule has 1 aromatic heterocycles. The molecule has 29 heavy (non-hydrogen) atoms. The quantitative estimate of drug-likeness (QED) is 0.348. The SMILES string of the molecule is C=CCSc1nnc(NC(=O)CN(c2ccc3c(c2)OCCO3)S(=O)(=O)CC)s1. The summed E-state index contributed by atoms with van der Waals surface area (Å²) < 4.78 is 38.0. The van der Waals surface area contributed by atoms with E-state index in [0.717, 1.165) is 4.31 Å². The maximum atomic E-state index is 12.6. The highest BCUT2D eigenvalue weighted by Gasteiger charge is 2.26. The molecule has 156 valence electrons. The van der Waals surface area contributed by atoms with Crippen molar-refractivity contribution in [3.8, 4) is 11.5 Å². The molecule has 12 heteroatoms. The Bertz CT molecular complexity index is 993. The number of carbonyl (C=O) groups excluding carboxylic acids is 1. The number of anilines is 2. The third-order valence-corrected chi connectivity index (χ3v) is 7.49. The Labute approximate surface area is 177 Å². The van der Waals surface area contributed by atoms with Crippen LogP contribution in [0.3, 0.4) is 0 Å². The van der Waals surface area contributed by atoms with Gasteiger partial charge >= 0.3 is 0 Å². The van der Waals surface area contributed by atoms with Gasteiger partial charge in [-0.1, -0.05) is 29.2 Å². The zero-order valence-electron chi connectivity index (χ0n) is 15.7. The van der Waals surface area contributed by atoms with Crippen LogP contribution in [0.1, 0.15) is 6.92 Å². The Morgan fingerprint density at radius 1 is 1.34 bits per heavy atom. The number of nitrogens with one attached hydrogen (secondary N) is 1. The summed E-state index contributed by atoms with van der Waals surface area (Å²) in [6, 6.07) is 4.78. The van der Waals surface area contributed by atoms with E-state index in [9.17, 15) is 13.2 Å². The predicted octanol–water partition coefficient (Wildman–Crippen LogP) is 2.38. The first kappa shape index (κ1) is 21.4. The van der Waals surface area contributed by atoms with Crippen molar-refractivity contribution in [1.29, 1.82) is 0 Å². The zero-order valence-corrected chi connectivity index (χ0v) is 18.1. The van der Waals surface area contributed by atoms with Gasteiger partial charge in [0.05, 0.1) is 11.4 Å². The molecule has 1 aromatic carbocycles. The fourth-order valence-electron chi connectivity index (χ4n) is 2.43. The molecule has 2 heterocycles. The number of aromatic nitrogens is 2. The van der Waals surface area contributed by atoms with E-state index in [1.807, 2.05) is 0 Å². The highest BCUT2D eigenvalue weighted by atomic mass is 32.2. The van der Waals surface area contributed by atoms with Crippen LogP contribution >= 0.6 is 23.1 Å².